The van der Waals surface area contributed by atoms with E-state index in [4.69, 9.17) is 15.2 Å². The van der Waals surface area contributed by atoms with Crippen molar-refractivity contribution < 1.29 is 14.3 Å². The topological polar surface area (TPSA) is 73.6 Å². The molecule has 0 aliphatic carbocycles. The molecule has 1 saturated heterocycles. The van der Waals surface area contributed by atoms with Crippen LogP contribution in [0.4, 0.5) is 11.4 Å². The number of benzene rings is 1. The second-order valence-corrected chi connectivity index (χ2v) is 4.31. The Morgan fingerprint density at radius 3 is 3.11 bits per heavy atom. The minimum absolute atomic E-state index is 0.216. The molecule has 0 unspecified atom stereocenters. The number of ether oxygens (including phenoxy) is 2. The average molecular weight is 250 g/mol. The van der Waals surface area contributed by atoms with Crippen LogP contribution in [-0.2, 0) is 9.47 Å². The van der Waals surface area contributed by atoms with Crippen LogP contribution in [0.1, 0.15) is 23.2 Å². The molecule has 2 rings (SSSR count). The monoisotopic (exact) mass is 250 g/mol. The van der Waals surface area contributed by atoms with E-state index in [1.165, 1.54) is 7.11 Å². The number of nitrogens with one attached hydrogen (secondary N) is 1. The van der Waals surface area contributed by atoms with Crippen molar-refractivity contribution in [3.8, 4) is 0 Å². The highest BCUT2D eigenvalue weighted by Crippen LogP contribution is 2.21. The minimum Gasteiger partial charge on any atom is -0.465 e. The van der Waals surface area contributed by atoms with Crippen molar-refractivity contribution >= 4 is 17.3 Å². The molecule has 0 aromatic heterocycles. The number of rotatable bonds is 4. The third kappa shape index (κ3) is 2.92. The van der Waals surface area contributed by atoms with Gasteiger partial charge in [0.05, 0.1) is 18.8 Å². The van der Waals surface area contributed by atoms with Crippen LogP contribution in [-0.4, -0.2) is 32.3 Å². The van der Waals surface area contributed by atoms with Crippen LogP contribution in [0.3, 0.4) is 0 Å². The Labute approximate surface area is 106 Å². The van der Waals surface area contributed by atoms with Gasteiger partial charge in [-0.25, -0.2) is 4.79 Å². The van der Waals surface area contributed by atoms with Gasteiger partial charge in [-0.05, 0) is 31.0 Å². The summed E-state index contributed by atoms with van der Waals surface area (Å²) in [6, 6.07) is 5.16. The van der Waals surface area contributed by atoms with Crippen LogP contribution in [0, 0.1) is 0 Å². The summed E-state index contributed by atoms with van der Waals surface area (Å²) in [5, 5.41) is 3.22. The molecule has 0 radical (unpaired) electrons. The van der Waals surface area contributed by atoms with Crippen LogP contribution < -0.4 is 11.1 Å². The van der Waals surface area contributed by atoms with E-state index in [1.807, 2.05) is 0 Å². The molecule has 0 amide bonds. The lowest BCUT2D eigenvalue weighted by molar-refractivity contribution is 0.0601. The van der Waals surface area contributed by atoms with E-state index in [0.29, 0.717) is 17.8 Å². The van der Waals surface area contributed by atoms with Crippen molar-refractivity contribution in [2.24, 2.45) is 0 Å². The maximum absolute atomic E-state index is 11.6. The lowest BCUT2D eigenvalue weighted by Crippen LogP contribution is -2.20. The van der Waals surface area contributed by atoms with Crippen molar-refractivity contribution in [2.75, 3.05) is 31.3 Å². The minimum atomic E-state index is -0.392. The number of hydrogen-bond acceptors (Lipinski definition) is 5. The number of carbonyl (C=O) groups excluding carboxylic acids is 1. The maximum atomic E-state index is 11.6. The molecule has 3 N–H and O–H groups in total. The fourth-order valence-electron chi connectivity index (χ4n) is 2.02. The van der Waals surface area contributed by atoms with Crippen molar-refractivity contribution in [2.45, 2.75) is 18.9 Å². The third-order valence-electron chi connectivity index (χ3n) is 2.99. The molecule has 1 aliphatic rings. The zero-order valence-corrected chi connectivity index (χ0v) is 10.4. The first-order chi connectivity index (χ1) is 8.70. The Bertz CT molecular complexity index is 428. The molecular weight excluding hydrogens is 232 g/mol. The molecule has 5 nitrogen and oxygen atoms in total. The molecule has 0 saturated carbocycles. The van der Waals surface area contributed by atoms with Crippen molar-refractivity contribution in [3.63, 3.8) is 0 Å². The lowest BCUT2D eigenvalue weighted by atomic mass is 10.1. The summed E-state index contributed by atoms with van der Waals surface area (Å²) in [6.45, 7) is 1.51. The van der Waals surface area contributed by atoms with E-state index < -0.39 is 5.97 Å². The fraction of sp³-hybridized carbons (Fsp3) is 0.462. The van der Waals surface area contributed by atoms with Gasteiger partial charge in [-0.15, -0.1) is 0 Å². The first-order valence-electron chi connectivity index (χ1n) is 6.04. The van der Waals surface area contributed by atoms with Gasteiger partial charge in [-0.3, -0.25) is 0 Å². The standard InChI is InChI=1S/C13H18N2O3/c1-17-13(16)11-7-9(14)4-5-12(11)15-8-10-3-2-6-18-10/h4-5,7,10,15H,2-3,6,8,14H2,1H3/t10-/m0/s1. The number of nitrogen functional groups attached to an aromatic ring is 1. The van der Waals surface area contributed by atoms with Crippen molar-refractivity contribution in [1.82, 2.24) is 0 Å². The van der Waals surface area contributed by atoms with E-state index in [2.05, 4.69) is 5.32 Å². The smallest absolute Gasteiger partial charge is 0.340 e. The zero-order valence-electron chi connectivity index (χ0n) is 10.4. The highest BCUT2D eigenvalue weighted by atomic mass is 16.5. The van der Waals surface area contributed by atoms with Gasteiger partial charge in [0.25, 0.3) is 0 Å². The van der Waals surface area contributed by atoms with Gasteiger partial charge in [0.15, 0.2) is 0 Å². The van der Waals surface area contributed by atoms with Gasteiger partial charge < -0.3 is 20.5 Å². The number of methoxy groups -OCH3 is 1. The first-order valence-corrected chi connectivity index (χ1v) is 6.04. The molecule has 0 bridgehead atoms. The second-order valence-electron chi connectivity index (χ2n) is 4.31. The van der Waals surface area contributed by atoms with Gasteiger partial charge >= 0.3 is 5.97 Å². The Hall–Kier alpha value is -1.75. The molecule has 18 heavy (non-hydrogen) atoms. The highest BCUT2D eigenvalue weighted by molar-refractivity contribution is 5.96. The molecule has 1 aromatic rings. The molecule has 1 aromatic carbocycles. The summed E-state index contributed by atoms with van der Waals surface area (Å²) < 4.78 is 10.3. The zero-order chi connectivity index (χ0) is 13.0. The maximum Gasteiger partial charge on any atom is 0.340 e. The summed E-state index contributed by atoms with van der Waals surface area (Å²) >= 11 is 0. The number of nitrogens with two attached hydrogens (primary N) is 1. The molecule has 1 fully saturated rings. The van der Waals surface area contributed by atoms with Gasteiger partial charge in [-0.1, -0.05) is 0 Å². The molecule has 98 valence electrons. The van der Waals surface area contributed by atoms with Gasteiger partial charge in [0.1, 0.15) is 0 Å². The number of carbonyl (C=O) groups is 1. The molecular formula is C13H18N2O3. The summed E-state index contributed by atoms with van der Waals surface area (Å²) in [4.78, 5) is 11.6. The Kier molecular flexibility index (Phi) is 4.04. The van der Waals surface area contributed by atoms with E-state index in [1.54, 1.807) is 18.2 Å². The number of esters is 1. The van der Waals surface area contributed by atoms with Gasteiger partial charge in [0, 0.05) is 24.5 Å². The highest BCUT2D eigenvalue weighted by Gasteiger charge is 2.17. The van der Waals surface area contributed by atoms with Crippen LogP contribution >= 0.6 is 0 Å². The molecule has 5 heteroatoms. The summed E-state index contributed by atoms with van der Waals surface area (Å²) in [7, 11) is 1.36. The summed E-state index contributed by atoms with van der Waals surface area (Å²) in [6.07, 6.45) is 2.36. The van der Waals surface area contributed by atoms with E-state index >= 15 is 0 Å². The summed E-state index contributed by atoms with van der Waals surface area (Å²) in [5.41, 5.74) is 7.40. The van der Waals surface area contributed by atoms with Gasteiger partial charge in [0.2, 0.25) is 0 Å². The van der Waals surface area contributed by atoms with E-state index in [-0.39, 0.29) is 6.10 Å². The quantitative estimate of drug-likeness (QED) is 0.628. The first kappa shape index (κ1) is 12.7. The van der Waals surface area contributed by atoms with Crippen molar-refractivity contribution in [1.29, 1.82) is 0 Å². The average Bonchev–Trinajstić information content (AvgIpc) is 2.89. The van der Waals surface area contributed by atoms with E-state index in [0.717, 1.165) is 25.1 Å². The van der Waals surface area contributed by atoms with Crippen LogP contribution in [0.15, 0.2) is 18.2 Å². The lowest BCUT2D eigenvalue weighted by Gasteiger charge is -2.14. The predicted molar refractivity (Wildman–Crippen MR) is 69.7 cm³/mol. The Morgan fingerprint density at radius 2 is 2.44 bits per heavy atom. The van der Waals surface area contributed by atoms with Crippen LogP contribution in [0.2, 0.25) is 0 Å². The predicted octanol–water partition coefficient (Wildman–Crippen LogP) is 1.65. The largest absolute Gasteiger partial charge is 0.465 e. The number of anilines is 2. The Morgan fingerprint density at radius 1 is 1.61 bits per heavy atom. The third-order valence-corrected chi connectivity index (χ3v) is 2.99. The molecule has 0 spiro atoms. The molecule has 1 heterocycles. The van der Waals surface area contributed by atoms with Crippen LogP contribution in [0.5, 0.6) is 0 Å². The SMILES string of the molecule is COC(=O)c1cc(N)ccc1NC[C@@H]1CCCO1. The number of hydrogen-bond donors (Lipinski definition) is 2. The Balaban J connectivity index is 2.08. The van der Waals surface area contributed by atoms with Crippen LogP contribution in [0.25, 0.3) is 0 Å². The normalized spacial score (nSPS) is 18.6. The van der Waals surface area contributed by atoms with Crippen molar-refractivity contribution in [3.05, 3.63) is 23.8 Å². The van der Waals surface area contributed by atoms with Gasteiger partial charge in [-0.2, -0.15) is 0 Å². The fourth-order valence-corrected chi connectivity index (χ4v) is 2.02. The summed E-state index contributed by atoms with van der Waals surface area (Å²) in [5.74, 6) is -0.392. The second kappa shape index (κ2) is 5.73. The van der Waals surface area contributed by atoms with E-state index in [9.17, 15) is 4.79 Å². The molecule has 1 aliphatic heterocycles. The molecule has 1 atom stereocenters.